The zero-order valence-corrected chi connectivity index (χ0v) is 16.8. The summed E-state index contributed by atoms with van der Waals surface area (Å²) in [5.74, 6) is 1.72. The highest BCUT2D eigenvalue weighted by atomic mass is 16.2. The van der Waals surface area contributed by atoms with Crippen molar-refractivity contribution < 1.29 is 9.59 Å². The van der Waals surface area contributed by atoms with E-state index in [2.05, 4.69) is 14.9 Å². The van der Waals surface area contributed by atoms with E-state index in [1.807, 2.05) is 6.07 Å². The van der Waals surface area contributed by atoms with Crippen molar-refractivity contribution in [2.45, 2.75) is 70.6 Å². The van der Waals surface area contributed by atoms with E-state index in [9.17, 15) is 9.59 Å². The van der Waals surface area contributed by atoms with Crippen LogP contribution in [0.4, 0.5) is 5.95 Å². The SMILES string of the molecule is O=C1CC2(CCCC2)CC(=O)N1CCCCC1CCN(c2ncccn2)CC1. The highest BCUT2D eigenvalue weighted by Gasteiger charge is 2.44. The Balaban J connectivity index is 1.16. The van der Waals surface area contributed by atoms with Gasteiger partial charge < -0.3 is 4.90 Å². The molecule has 0 aromatic carbocycles. The van der Waals surface area contributed by atoms with Crippen LogP contribution in [0.5, 0.6) is 0 Å². The van der Waals surface area contributed by atoms with Crippen molar-refractivity contribution in [2.75, 3.05) is 24.5 Å². The highest BCUT2D eigenvalue weighted by molar-refractivity contribution is 5.98. The molecule has 3 aliphatic rings. The lowest BCUT2D eigenvalue weighted by molar-refractivity contribution is -0.153. The van der Waals surface area contributed by atoms with E-state index >= 15 is 0 Å². The summed E-state index contributed by atoms with van der Waals surface area (Å²) in [6.45, 7) is 2.64. The van der Waals surface area contributed by atoms with Gasteiger partial charge in [-0.25, -0.2) is 9.97 Å². The molecule has 1 aromatic heterocycles. The predicted molar refractivity (Wildman–Crippen MR) is 108 cm³/mol. The molecule has 2 saturated heterocycles. The third kappa shape index (κ3) is 4.36. The number of rotatable bonds is 6. The zero-order chi connectivity index (χ0) is 19.4. The lowest BCUT2D eigenvalue weighted by atomic mass is 9.76. The van der Waals surface area contributed by atoms with Gasteiger partial charge in [-0.2, -0.15) is 0 Å². The quantitative estimate of drug-likeness (QED) is 0.554. The molecule has 2 aliphatic heterocycles. The molecule has 1 aromatic rings. The van der Waals surface area contributed by atoms with Crippen molar-refractivity contribution in [2.24, 2.45) is 11.3 Å². The van der Waals surface area contributed by atoms with E-state index in [4.69, 9.17) is 0 Å². The van der Waals surface area contributed by atoms with Gasteiger partial charge in [-0.05, 0) is 49.5 Å². The summed E-state index contributed by atoms with van der Waals surface area (Å²) >= 11 is 0. The van der Waals surface area contributed by atoms with Crippen LogP contribution in [-0.2, 0) is 9.59 Å². The lowest BCUT2D eigenvalue weighted by Crippen LogP contribution is -2.47. The van der Waals surface area contributed by atoms with Crippen LogP contribution in [0.15, 0.2) is 18.5 Å². The van der Waals surface area contributed by atoms with Gasteiger partial charge in [0.1, 0.15) is 0 Å². The van der Waals surface area contributed by atoms with E-state index < -0.39 is 0 Å². The molecule has 4 rings (SSSR count). The molecule has 0 N–H and O–H groups in total. The standard InChI is InChI=1S/C22H32N4O2/c27-19-16-22(9-2-3-10-22)17-20(28)26(19)13-4-1-6-18-7-14-25(15-8-18)21-23-11-5-12-24-21/h5,11-12,18H,1-4,6-10,13-17H2. The van der Waals surface area contributed by atoms with E-state index in [0.717, 1.165) is 50.6 Å². The van der Waals surface area contributed by atoms with Gasteiger partial charge >= 0.3 is 0 Å². The molecule has 1 spiro atoms. The number of hydrogen-bond donors (Lipinski definition) is 0. The Morgan fingerprint density at radius 1 is 0.964 bits per heavy atom. The molecule has 28 heavy (non-hydrogen) atoms. The van der Waals surface area contributed by atoms with Crippen LogP contribution in [0.1, 0.15) is 70.6 Å². The first-order chi connectivity index (χ1) is 13.7. The van der Waals surface area contributed by atoms with Gasteiger partial charge in [0.15, 0.2) is 0 Å². The van der Waals surface area contributed by atoms with Crippen molar-refractivity contribution in [1.82, 2.24) is 14.9 Å². The highest BCUT2D eigenvalue weighted by Crippen LogP contribution is 2.46. The molecule has 1 aliphatic carbocycles. The molecule has 6 nitrogen and oxygen atoms in total. The number of imide groups is 1. The second-order valence-electron chi connectivity index (χ2n) is 8.97. The van der Waals surface area contributed by atoms with Gasteiger partial charge in [0.05, 0.1) is 0 Å². The van der Waals surface area contributed by atoms with Gasteiger partial charge in [0, 0.05) is 44.9 Å². The Kier molecular flexibility index (Phi) is 5.93. The second-order valence-corrected chi connectivity index (χ2v) is 8.97. The third-order valence-electron chi connectivity index (χ3n) is 7.01. The maximum absolute atomic E-state index is 12.5. The van der Waals surface area contributed by atoms with Crippen molar-refractivity contribution >= 4 is 17.8 Å². The largest absolute Gasteiger partial charge is 0.341 e. The molecule has 3 heterocycles. The van der Waals surface area contributed by atoms with Crippen LogP contribution in [0, 0.1) is 11.3 Å². The normalized spacial score (nSPS) is 23.0. The van der Waals surface area contributed by atoms with Gasteiger partial charge in [-0.1, -0.05) is 25.7 Å². The minimum Gasteiger partial charge on any atom is -0.341 e. The predicted octanol–water partition coefficient (Wildman–Crippen LogP) is 3.57. The molecule has 152 valence electrons. The zero-order valence-electron chi connectivity index (χ0n) is 16.8. The number of carbonyl (C=O) groups excluding carboxylic acids is 2. The third-order valence-corrected chi connectivity index (χ3v) is 7.01. The number of piperidine rings is 2. The van der Waals surface area contributed by atoms with Crippen LogP contribution in [0.3, 0.4) is 0 Å². The van der Waals surface area contributed by atoms with Gasteiger partial charge in [-0.3, -0.25) is 14.5 Å². The maximum atomic E-state index is 12.5. The number of likely N-dealkylation sites (tertiary alicyclic amines) is 1. The summed E-state index contributed by atoms with van der Waals surface area (Å²) in [5, 5.41) is 0. The molecule has 3 fully saturated rings. The molecule has 0 bridgehead atoms. The average molecular weight is 385 g/mol. The van der Waals surface area contributed by atoms with E-state index in [0.29, 0.717) is 19.4 Å². The fraction of sp³-hybridized carbons (Fsp3) is 0.727. The van der Waals surface area contributed by atoms with Crippen LogP contribution in [-0.4, -0.2) is 46.3 Å². The topological polar surface area (TPSA) is 66.4 Å². The number of unbranched alkanes of at least 4 members (excludes halogenated alkanes) is 1. The summed E-state index contributed by atoms with van der Waals surface area (Å²) < 4.78 is 0. The first kappa shape index (κ1) is 19.3. The second kappa shape index (κ2) is 8.58. The fourth-order valence-corrected chi connectivity index (χ4v) is 5.34. The molecule has 2 amide bonds. The number of aromatic nitrogens is 2. The van der Waals surface area contributed by atoms with E-state index in [1.165, 1.54) is 32.1 Å². The Bertz CT molecular complexity index is 659. The first-order valence-electron chi connectivity index (χ1n) is 11.0. The Labute approximate surface area is 167 Å². The van der Waals surface area contributed by atoms with Crippen LogP contribution in [0.25, 0.3) is 0 Å². The lowest BCUT2D eigenvalue weighted by Gasteiger charge is -2.37. The Hall–Kier alpha value is -1.98. The van der Waals surface area contributed by atoms with Crippen molar-refractivity contribution in [3.8, 4) is 0 Å². The monoisotopic (exact) mass is 384 g/mol. The molecule has 6 heteroatoms. The summed E-state index contributed by atoms with van der Waals surface area (Å²) in [6, 6.07) is 1.85. The van der Waals surface area contributed by atoms with Crippen molar-refractivity contribution in [3.05, 3.63) is 18.5 Å². The number of amides is 2. The van der Waals surface area contributed by atoms with E-state index in [1.54, 1.807) is 17.3 Å². The fourth-order valence-electron chi connectivity index (χ4n) is 5.34. The average Bonchev–Trinajstić information content (AvgIpc) is 3.15. The number of anilines is 1. The van der Waals surface area contributed by atoms with Crippen LogP contribution >= 0.6 is 0 Å². The number of nitrogens with zero attached hydrogens (tertiary/aromatic N) is 4. The van der Waals surface area contributed by atoms with Gasteiger partial charge in [0.25, 0.3) is 0 Å². The van der Waals surface area contributed by atoms with Crippen molar-refractivity contribution in [3.63, 3.8) is 0 Å². The van der Waals surface area contributed by atoms with Crippen LogP contribution < -0.4 is 4.90 Å². The minimum atomic E-state index is 0.0150. The molecular formula is C22H32N4O2. The van der Waals surface area contributed by atoms with E-state index in [-0.39, 0.29) is 17.2 Å². The molecule has 0 unspecified atom stereocenters. The Morgan fingerprint density at radius 2 is 1.61 bits per heavy atom. The van der Waals surface area contributed by atoms with Gasteiger partial charge in [0.2, 0.25) is 17.8 Å². The number of carbonyl (C=O) groups is 2. The summed E-state index contributed by atoms with van der Waals surface area (Å²) in [7, 11) is 0. The molecule has 0 radical (unpaired) electrons. The summed E-state index contributed by atoms with van der Waals surface area (Å²) in [4.78, 5) is 37.5. The summed E-state index contributed by atoms with van der Waals surface area (Å²) in [5.41, 5.74) is 0.0150. The molecule has 1 saturated carbocycles. The summed E-state index contributed by atoms with van der Waals surface area (Å²) in [6.07, 6.45) is 14.8. The van der Waals surface area contributed by atoms with Crippen LogP contribution in [0.2, 0.25) is 0 Å². The number of hydrogen-bond acceptors (Lipinski definition) is 5. The smallest absolute Gasteiger partial charge is 0.229 e. The minimum absolute atomic E-state index is 0.0150. The van der Waals surface area contributed by atoms with Crippen molar-refractivity contribution in [1.29, 1.82) is 0 Å². The molecular weight excluding hydrogens is 352 g/mol. The first-order valence-corrected chi connectivity index (χ1v) is 11.0. The Morgan fingerprint density at radius 3 is 2.25 bits per heavy atom. The maximum Gasteiger partial charge on any atom is 0.229 e. The van der Waals surface area contributed by atoms with Gasteiger partial charge in [-0.15, -0.1) is 0 Å². The molecule has 0 atom stereocenters.